The second kappa shape index (κ2) is 7.71. The first-order valence-corrected chi connectivity index (χ1v) is 8.04. The van der Waals surface area contributed by atoms with Gasteiger partial charge in [-0.25, -0.2) is 0 Å². The van der Waals surface area contributed by atoms with Gasteiger partial charge in [0.25, 0.3) is 0 Å². The third-order valence-electron chi connectivity index (χ3n) is 3.24. The highest BCUT2D eigenvalue weighted by molar-refractivity contribution is 8.00. The number of carbonyl (C=O) groups is 1. The average Bonchev–Trinajstić information content (AvgIpc) is 2.36. The normalized spacial score (nSPS) is 13.0. The fourth-order valence-corrected chi connectivity index (χ4v) is 3.06. The highest BCUT2D eigenvalue weighted by Crippen LogP contribution is 2.28. The fourth-order valence-electron chi connectivity index (χ4n) is 1.99. The SMILES string of the molecule is Cc1cc(C)cc(OCCCSC(C)(C)[C@H](N)C(=O)O)c1. The van der Waals surface area contributed by atoms with Gasteiger partial charge >= 0.3 is 5.97 Å². The molecule has 21 heavy (non-hydrogen) atoms. The molecule has 0 saturated carbocycles. The van der Waals surface area contributed by atoms with E-state index in [1.54, 1.807) is 11.8 Å². The topological polar surface area (TPSA) is 72.5 Å². The predicted molar refractivity (Wildman–Crippen MR) is 88.2 cm³/mol. The zero-order chi connectivity index (χ0) is 16.0. The molecular weight excluding hydrogens is 286 g/mol. The van der Waals surface area contributed by atoms with Crippen molar-refractivity contribution in [1.29, 1.82) is 0 Å². The first kappa shape index (κ1) is 17.9. The average molecular weight is 311 g/mol. The Labute approximate surface area is 131 Å². The van der Waals surface area contributed by atoms with Gasteiger partial charge in [-0.2, -0.15) is 11.8 Å². The Morgan fingerprint density at radius 1 is 1.33 bits per heavy atom. The molecule has 0 fully saturated rings. The number of ether oxygens (including phenoxy) is 1. The minimum Gasteiger partial charge on any atom is -0.494 e. The fraction of sp³-hybridized carbons (Fsp3) is 0.562. The molecule has 0 aliphatic rings. The van der Waals surface area contributed by atoms with Crippen LogP contribution in [0.3, 0.4) is 0 Å². The molecule has 0 aromatic heterocycles. The van der Waals surface area contributed by atoms with Crippen LogP contribution in [-0.4, -0.2) is 34.2 Å². The quantitative estimate of drug-likeness (QED) is 0.722. The van der Waals surface area contributed by atoms with Crippen molar-refractivity contribution in [2.75, 3.05) is 12.4 Å². The van der Waals surface area contributed by atoms with E-state index in [0.717, 1.165) is 17.9 Å². The summed E-state index contributed by atoms with van der Waals surface area (Å²) in [5.41, 5.74) is 8.06. The highest BCUT2D eigenvalue weighted by Gasteiger charge is 2.32. The number of hydrogen-bond acceptors (Lipinski definition) is 4. The van der Waals surface area contributed by atoms with E-state index >= 15 is 0 Å². The molecule has 0 unspecified atom stereocenters. The number of carboxylic acids is 1. The Morgan fingerprint density at radius 3 is 2.43 bits per heavy atom. The summed E-state index contributed by atoms with van der Waals surface area (Å²) >= 11 is 1.57. The summed E-state index contributed by atoms with van der Waals surface area (Å²) in [6.45, 7) is 8.44. The largest absolute Gasteiger partial charge is 0.494 e. The van der Waals surface area contributed by atoms with Gasteiger partial charge in [-0.05, 0) is 63.1 Å². The van der Waals surface area contributed by atoms with Gasteiger partial charge in [0, 0.05) is 4.75 Å². The molecule has 0 radical (unpaired) electrons. The third kappa shape index (κ3) is 5.98. The molecule has 1 rings (SSSR count). The van der Waals surface area contributed by atoms with E-state index in [9.17, 15) is 4.79 Å². The van der Waals surface area contributed by atoms with Crippen LogP contribution < -0.4 is 10.5 Å². The van der Waals surface area contributed by atoms with Crippen LogP contribution in [0.4, 0.5) is 0 Å². The number of rotatable bonds is 8. The van der Waals surface area contributed by atoms with Crippen LogP contribution in [0, 0.1) is 13.8 Å². The third-order valence-corrected chi connectivity index (χ3v) is 4.73. The molecule has 0 saturated heterocycles. The maximum Gasteiger partial charge on any atom is 0.321 e. The maximum absolute atomic E-state index is 10.9. The molecule has 1 aromatic rings. The number of aliphatic carboxylic acids is 1. The van der Waals surface area contributed by atoms with E-state index in [2.05, 4.69) is 6.07 Å². The van der Waals surface area contributed by atoms with Gasteiger partial charge in [-0.3, -0.25) is 4.79 Å². The Hall–Kier alpha value is -1.20. The molecule has 4 nitrogen and oxygen atoms in total. The molecule has 0 bridgehead atoms. The van der Waals surface area contributed by atoms with Crippen LogP contribution in [0.1, 0.15) is 31.4 Å². The van der Waals surface area contributed by atoms with Gasteiger partial charge in [-0.1, -0.05) is 6.07 Å². The Bertz CT molecular complexity index is 468. The van der Waals surface area contributed by atoms with Gasteiger partial charge in [0.15, 0.2) is 0 Å². The lowest BCUT2D eigenvalue weighted by Crippen LogP contribution is -2.46. The van der Waals surface area contributed by atoms with Crippen LogP contribution in [0.2, 0.25) is 0 Å². The van der Waals surface area contributed by atoms with Gasteiger partial charge in [-0.15, -0.1) is 0 Å². The molecule has 1 aromatic carbocycles. The van der Waals surface area contributed by atoms with Crippen molar-refractivity contribution in [3.05, 3.63) is 29.3 Å². The van der Waals surface area contributed by atoms with Crippen molar-refractivity contribution in [1.82, 2.24) is 0 Å². The number of thioether (sulfide) groups is 1. The van der Waals surface area contributed by atoms with Gasteiger partial charge in [0.1, 0.15) is 11.8 Å². The van der Waals surface area contributed by atoms with Crippen LogP contribution in [0.5, 0.6) is 5.75 Å². The standard InChI is InChI=1S/C16H25NO3S/c1-11-8-12(2)10-13(9-11)20-6-5-7-21-16(3,4)14(17)15(18)19/h8-10,14H,5-7,17H2,1-4H3,(H,18,19)/t14-/m1/s1. The van der Waals surface area contributed by atoms with E-state index in [4.69, 9.17) is 15.6 Å². The number of carboxylic acid groups (broad SMARTS) is 1. The van der Waals surface area contributed by atoms with Crippen molar-refractivity contribution in [2.24, 2.45) is 5.73 Å². The molecular formula is C16H25NO3S. The molecule has 1 atom stereocenters. The second-order valence-corrected chi connectivity index (χ2v) is 7.54. The zero-order valence-corrected chi connectivity index (χ0v) is 14.0. The smallest absolute Gasteiger partial charge is 0.321 e. The highest BCUT2D eigenvalue weighted by atomic mass is 32.2. The van der Waals surface area contributed by atoms with Gasteiger partial charge in [0.05, 0.1) is 6.61 Å². The van der Waals surface area contributed by atoms with Crippen molar-refractivity contribution in [3.63, 3.8) is 0 Å². The maximum atomic E-state index is 10.9. The second-order valence-electron chi connectivity index (χ2n) is 5.79. The minimum absolute atomic E-state index is 0.480. The monoisotopic (exact) mass is 311 g/mol. The molecule has 0 aliphatic carbocycles. The summed E-state index contributed by atoms with van der Waals surface area (Å²) in [5.74, 6) is 0.747. The van der Waals surface area contributed by atoms with Crippen LogP contribution in [-0.2, 0) is 4.79 Å². The summed E-state index contributed by atoms with van der Waals surface area (Å²) in [5, 5.41) is 8.96. The number of aryl methyl sites for hydroxylation is 2. The van der Waals surface area contributed by atoms with Crippen molar-refractivity contribution in [3.8, 4) is 5.75 Å². The lowest BCUT2D eigenvalue weighted by Gasteiger charge is -2.27. The summed E-state index contributed by atoms with van der Waals surface area (Å²) in [6, 6.07) is 5.29. The van der Waals surface area contributed by atoms with E-state index in [1.165, 1.54) is 11.1 Å². The van der Waals surface area contributed by atoms with E-state index in [1.807, 2.05) is 39.8 Å². The van der Waals surface area contributed by atoms with Gasteiger partial charge < -0.3 is 15.6 Å². The first-order chi connectivity index (χ1) is 9.72. The van der Waals surface area contributed by atoms with Crippen molar-refractivity contribution < 1.29 is 14.6 Å². The molecule has 0 aliphatic heterocycles. The van der Waals surface area contributed by atoms with E-state index < -0.39 is 16.8 Å². The molecule has 0 spiro atoms. The summed E-state index contributed by atoms with van der Waals surface area (Å²) in [4.78, 5) is 10.9. The Kier molecular flexibility index (Phi) is 6.55. The van der Waals surface area contributed by atoms with E-state index in [-0.39, 0.29) is 0 Å². The van der Waals surface area contributed by atoms with Crippen LogP contribution in [0.15, 0.2) is 18.2 Å². The van der Waals surface area contributed by atoms with E-state index in [0.29, 0.717) is 6.61 Å². The number of benzene rings is 1. The Balaban J connectivity index is 2.33. The van der Waals surface area contributed by atoms with Crippen molar-refractivity contribution >= 4 is 17.7 Å². The van der Waals surface area contributed by atoms with Crippen LogP contribution in [0.25, 0.3) is 0 Å². The van der Waals surface area contributed by atoms with Crippen LogP contribution >= 0.6 is 11.8 Å². The molecule has 5 heteroatoms. The summed E-state index contributed by atoms with van der Waals surface area (Å²) in [7, 11) is 0. The van der Waals surface area contributed by atoms with Gasteiger partial charge in [0.2, 0.25) is 0 Å². The Morgan fingerprint density at radius 2 is 1.90 bits per heavy atom. The summed E-state index contributed by atoms with van der Waals surface area (Å²) in [6.07, 6.45) is 0.855. The number of nitrogens with two attached hydrogens (primary N) is 1. The predicted octanol–water partition coefficient (Wildman–Crippen LogP) is 3.00. The van der Waals surface area contributed by atoms with Crippen molar-refractivity contribution in [2.45, 2.75) is 44.9 Å². The molecule has 0 amide bonds. The zero-order valence-electron chi connectivity index (χ0n) is 13.2. The molecule has 0 heterocycles. The lowest BCUT2D eigenvalue weighted by atomic mass is 10.1. The molecule has 3 N–H and O–H groups in total. The molecule has 118 valence electrons. The first-order valence-electron chi connectivity index (χ1n) is 7.06. The lowest BCUT2D eigenvalue weighted by molar-refractivity contribution is -0.139. The summed E-state index contributed by atoms with van der Waals surface area (Å²) < 4.78 is 5.25. The number of hydrogen-bond donors (Lipinski definition) is 2. The minimum atomic E-state index is -0.959.